The van der Waals surface area contributed by atoms with Crippen LogP contribution in [-0.2, 0) is 10.0 Å². The average molecular weight is 257 g/mol. The number of ether oxygens (including phenoxy) is 2. The van der Waals surface area contributed by atoms with Crippen LogP contribution in [0.15, 0.2) is 27.7 Å². The third kappa shape index (κ3) is 2.06. The number of hydrogen-bond acceptors (Lipinski definition) is 5. The molecule has 0 fully saturated rings. The van der Waals surface area contributed by atoms with Gasteiger partial charge >= 0.3 is 0 Å². The predicted molar refractivity (Wildman–Crippen MR) is 60.7 cm³/mol. The Labute approximate surface area is 98.0 Å². The van der Waals surface area contributed by atoms with Crippen molar-refractivity contribution in [2.75, 3.05) is 14.2 Å². The summed E-state index contributed by atoms with van der Waals surface area (Å²) in [5, 5.41) is 5.26. The molecule has 0 aliphatic heterocycles. The largest absolute Gasteiger partial charge is 0.493 e. The molecule has 0 unspecified atom stereocenters. The summed E-state index contributed by atoms with van der Waals surface area (Å²) in [7, 11) is -0.882. The summed E-state index contributed by atoms with van der Waals surface area (Å²) in [6.07, 6.45) is 0. The zero-order valence-electron chi connectivity index (χ0n) is 9.26. The van der Waals surface area contributed by atoms with Gasteiger partial charge in [-0.25, -0.2) is 13.6 Å². The van der Waals surface area contributed by atoms with Crippen LogP contribution >= 0.6 is 0 Å². The molecule has 0 saturated carbocycles. The van der Waals surface area contributed by atoms with E-state index in [-0.39, 0.29) is 5.09 Å². The Balaban J connectivity index is 2.70. The van der Waals surface area contributed by atoms with Gasteiger partial charge < -0.3 is 13.9 Å². The van der Waals surface area contributed by atoms with E-state index in [1.54, 1.807) is 12.1 Å². The number of methoxy groups -OCH3 is 2. The van der Waals surface area contributed by atoms with E-state index in [0.717, 1.165) is 0 Å². The highest BCUT2D eigenvalue weighted by Crippen LogP contribution is 2.34. The summed E-state index contributed by atoms with van der Waals surface area (Å²) in [4.78, 5) is 0. The molecule has 17 heavy (non-hydrogen) atoms. The Morgan fingerprint density at radius 3 is 2.24 bits per heavy atom. The molecule has 0 amide bonds. The van der Waals surface area contributed by atoms with Gasteiger partial charge in [0.1, 0.15) is 5.58 Å². The number of fused-ring (bicyclic) bond motifs is 1. The van der Waals surface area contributed by atoms with Crippen molar-refractivity contribution in [3.63, 3.8) is 0 Å². The van der Waals surface area contributed by atoms with E-state index in [1.807, 2.05) is 0 Å². The third-order valence-corrected chi connectivity index (χ3v) is 3.04. The summed E-state index contributed by atoms with van der Waals surface area (Å²) in [5.74, 6) is 0.942. The summed E-state index contributed by atoms with van der Waals surface area (Å²) in [5.41, 5.74) is 0.367. The Kier molecular flexibility index (Phi) is 2.72. The Hall–Kier alpha value is -1.73. The van der Waals surface area contributed by atoms with Crippen molar-refractivity contribution in [3.8, 4) is 11.5 Å². The fourth-order valence-corrected chi connectivity index (χ4v) is 1.98. The van der Waals surface area contributed by atoms with Crippen LogP contribution in [0.1, 0.15) is 0 Å². The molecule has 1 aromatic heterocycles. The van der Waals surface area contributed by atoms with Gasteiger partial charge in [-0.2, -0.15) is 0 Å². The molecule has 0 aliphatic rings. The summed E-state index contributed by atoms with van der Waals surface area (Å²) >= 11 is 0. The fraction of sp³-hybridized carbons (Fsp3) is 0.200. The molecule has 0 radical (unpaired) electrons. The first-order valence-corrected chi connectivity index (χ1v) is 6.18. The van der Waals surface area contributed by atoms with Gasteiger partial charge in [0.25, 0.3) is 10.0 Å². The second kappa shape index (κ2) is 3.94. The topological polar surface area (TPSA) is 91.8 Å². The van der Waals surface area contributed by atoms with Gasteiger partial charge in [0.2, 0.25) is 5.09 Å². The molecule has 1 aromatic carbocycles. The van der Waals surface area contributed by atoms with Gasteiger partial charge in [0.15, 0.2) is 11.5 Å². The van der Waals surface area contributed by atoms with Crippen LogP contribution in [0.3, 0.4) is 0 Å². The van der Waals surface area contributed by atoms with E-state index in [9.17, 15) is 8.42 Å². The molecule has 0 saturated heterocycles. The highest BCUT2D eigenvalue weighted by molar-refractivity contribution is 7.89. The van der Waals surface area contributed by atoms with Crippen LogP contribution < -0.4 is 14.6 Å². The first-order valence-electron chi connectivity index (χ1n) is 4.64. The highest BCUT2D eigenvalue weighted by Gasteiger charge is 2.16. The molecule has 0 aliphatic carbocycles. The van der Waals surface area contributed by atoms with E-state index in [4.69, 9.17) is 19.0 Å². The van der Waals surface area contributed by atoms with Crippen LogP contribution in [0.25, 0.3) is 11.0 Å². The second-order valence-electron chi connectivity index (χ2n) is 3.36. The van der Waals surface area contributed by atoms with E-state index in [2.05, 4.69) is 0 Å². The third-order valence-electron chi connectivity index (χ3n) is 2.28. The van der Waals surface area contributed by atoms with Crippen molar-refractivity contribution in [1.82, 2.24) is 0 Å². The highest BCUT2D eigenvalue weighted by atomic mass is 32.2. The lowest BCUT2D eigenvalue weighted by atomic mass is 10.2. The monoisotopic (exact) mass is 257 g/mol. The van der Waals surface area contributed by atoms with Crippen molar-refractivity contribution in [3.05, 3.63) is 18.2 Å². The van der Waals surface area contributed by atoms with E-state index in [0.29, 0.717) is 22.5 Å². The molecule has 2 rings (SSSR count). The minimum absolute atomic E-state index is 0.289. The standard InChI is InChI=1S/C10H11NO5S/c1-14-8-3-6-4-10(17(11,12)13)16-7(6)5-9(8)15-2/h3-5H,1-2H3,(H2,11,12,13). The van der Waals surface area contributed by atoms with Gasteiger partial charge in [0.05, 0.1) is 14.2 Å². The molecular formula is C10H11NO5S. The Bertz CT molecular complexity index is 618. The molecule has 92 valence electrons. The quantitative estimate of drug-likeness (QED) is 0.888. The Morgan fingerprint density at radius 2 is 1.71 bits per heavy atom. The minimum atomic E-state index is -3.85. The maximum atomic E-state index is 11.1. The first-order chi connectivity index (χ1) is 7.95. The van der Waals surface area contributed by atoms with Gasteiger partial charge in [-0.1, -0.05) is 0 Å². The summed E-state index contributed by atoms with van der Waals surface area (Å²) in [6, 6.07) is 4.50. The average Bonchev–Trinajstić information content (AvgIpc) is 2.69. The minimum Gasteiger partial charge on any atom is -0.493 e. The van der Waals surface area contributed by atoms with E-state index < -0.39 is 10.0 Å². The lowest BCUT2D eigenvalue weighted by Gasteiger charge is -2.05. The smallest absolute Gasteiger partial charge is 0.271 e. The van der Waals surface area contributed by atoms with Crippen LogP contribution in [0.2, 0.25) is 0 Å². The normalized spacial score (nSPS) is 11.7. The number of hydrogen-bond donors (Lipinski definition) is 1. The molecule has 0 spiro atoms. The van der Waals surface area contributed by atoms with Crippen LogP contribution in [0.4, 0.5) is 0 Å². The van der Waals surface area contributed by atoms with Gasteiger partial charge in [-0.05, 0) is 6.07 Å². The lowest BCUT2D eigenvalue weighted by molar-refractivity contribution is 0.355. The molecule has 7 heteroatoms. The van der Waals surface area contributed by atoms with Crippen molar-refractivity contribution in [2.24, 2.45) is 5.14 Å². The second-order valence-corrected chi connectivity index (χ2v) is 4.85. The number of nitrogens with two attached hydrogens (primary N) is 1. The Morgan fingerprint density at radius 1 is 1.12 bits per heavy atom. The number of furan rings is 1. The van der Waals surface area contributed by atoms with Gasteiger partial charge in [0, 0.05) is 17.5 Å². The van der Waals surface area contributed by atoms with Crippen molar-refractivity contribution in [2.45, 2.75) is 5.09 Å². The molecule has 2 aromatic rings. The zero-order valence-corrected chi connectivity index (χ0v) is 10.1. The van der Waals surface area contributed by atoms with Crippen LogP contribution in [0.5, 0.6) is 11.5 Å². The summed E-state index contributed by atoms with van der Waals surface area (Å²) in [6.45, 7) is 0. The van der Waals surface area contributed by atoms with Crippen molar-refractivity contribution in [1.29, 1.82) is 0 Å². The zero-order chi connectivity index (χ0) is 12.6. The van der Waals surface area contributed by atoms with Gasteiger partial charge in [-0.15, -0.1) is 0 Å². The molecule has 0 atom stereocenters. The number of benzene rings is 1. The van der Waals surface area contributed by atoms with Crippen LogP contribution in [-0.4, -0.2) is 22.6 Å². The summed E-state index contributed by atoms with van der Waals surface area (Å²) < 4.78 is 37.6. The number of sulfonamides is 1. The maximum absolute atomic E-state index is 11.1. The molecular weight excluding hydrogens is 246 g/mol. The molecule has 0 bridgehead atoms. The fourth-order valence-electron chi connectivity index (χ4n) is 1.48. The number of primary sulfonamides is 1. The van der Waals surface area contributed by atoms with E-state index >= 15 is 0 Å². The molecule has 2 N–H and O–H groups in total. The van der Waals surface area contributed by atoms with Gasteiger partial charge in [-0.3, -0.25) is 0 Å². The first kappa shape index (κ1) is 11.7. The van der Waals surface area contributed by atoms with E-state index in [1.165, 1.54) is 20.3 Å². The SMILES string of the molecule is COc1cc2cc(S(N)(=O)=O)oc2cc1OC. The van der Waals surface area contributed by atoms with Crippen LogP contribution in [0, 0.1) is 0 Å². The molecule has 6 nitrogen and oxygen atoms in total. The maximum Gasteiger partial charge on any atom is 0.271 e. The van der Waals surface area contributed by atoms with Crippen molar-refractivity contribution < 1.29 is 22.3 Å². The predicted octanol–water partition coefficient (Wildman–Crippen LogP) is 1.10. The lowest BCUT2D eigenvalue weighted by Crippen LogP contribution is -2.10. The van der Waals surface area contributed by atoms with Crippen molar-refractivity contribution >= 4 is 21.0 Å². The number of rotatable bonds is 3. The molecule has 1 heterocycles.